The maximum absolute atomic E-state index is 3.53. The molecule has 0 saturated carbocycles. The maximum Gasteiger partial charge on any atom is 0.0446 e. The van der Waals surface area contributed by atoms with Gasteiger partial charge in [0.15, 0.2) is 0 Å². The number of anilines is 3. The quantitative estimate of drug-likeness (QED) is 0.830. The van der Waals surface area contributed by atoms with Gasteiger partial charge in [-0.15, -0.1) is 0 Å². The number of para-hydroxylation sites is 1. The van der Waals surface area contributed by atoms with Gasteiger partial charge in [0.05, 0.1) is 0 Å². The third-order valence-electron chi connectivity index (χ3n) is 3.16. The van der Waals surface area contributed by atoms with Crippen molar-refractivity contribution in [1.82, 2.24) is 0 Å². The summed E-state index contributed by atoms with van der Waals surface area (Å²) < 4.78 is 0. The van der Waals surface area contributed by atoms with E-state index in [-0.39, 0.29) is 0 Å². The first-order valence-electron chi connectivity index (χ1n) is 6.38. The Morgan fingerprint density at radius 1 is 1.00 bits per heavy atom. The van der Waals surface area contributed by atoms with Gasteiger partial charge in [-0.1, -0.05) is 31.2 Å². The van der Waals surface area contributed by atoms with Gasteiger partial charge in [0.1, 0.15) is 0 Å². The number of benzene rings is 2. The number of nitrogens with one attached hydrogen (secondary N) is 2. The molecule has 0 saturated heterocycles. The highest BCUT2D eigenvalue weighted by Gasteiger charge is 2.04. The molecule has 2 N–H and O–H groups in total. The normalized spacial score (nSPS) is 10.2. The molecule has 94 valence electrons. The Morgan fingerprint density at radius 3 is 2.44 bits per heavy atom. The molecule has 0 unspecified atom stereocenters. The molecule has 2 rings (SSSR count). The van der Waals surface area contributed by atoms with Gasteiger partial charge in [0.2, 0.25) is 0 Å². The summed E-state index contributed by atoms with van der Waals surface area (Å²) in [6.07, 6.45) is 1.04. The molecular formula is C16H20N2. The molecule has 2 nitrogen and oxygen atoms in total. The van der Waals surface area contributed by atoms with E-state index in [1.165, 1.54) is 16.8 Å². The van der Waals surface area contributed by atoms with Gasteiger partial charge in [-0.3, -0.25) is 0 Å². The van der Waals surface area contributed by atoms with Gasteiger partial charge in [-0.25, -0.2) is 0 Å². The second-order valence-electron chi connectivity index (χ2n) is 4.42. The lowest BCUT2D eigenvalue weighted by Gasteiger charge is -2.14. The molecule has 0 radical (unpaired) electrons. The van der Waals surface area contributed by atoms with Crippen LogP contribution in [-0.4, -0.2) is 7.05 Å². The lowest BCUT2D eigenvalue weighted by molar-refractivity contribution is 1.13. The summed E-state index contributed by atoms with van der Waals surface area (Å²) in [5.74, 6) is 0. The van der Waals surface area contributed by atoms with E-state index in [4.69, 9.17) is 0 Å². The Morgan fingerprint density at radius 2 is 1.72 bits per heavy atom. The van der Waals surface area contributed by atoms with Crippen molar-refractivity contribution in [2.75, 3.05) is 17.7 Å². The van der Waals surface area contributed by atoms with E-state index in [0.29, 0.717) is 0 Å². The van der Waals surface area contributed by atoms with Crippen LogP contribution < -0.4 is 10.6 Å². The first kappa shape index (κ1) is 12.5. The third kappa shape index (κ3) is 2.65. The van der Waals surface area contributed by atoms with E-state index in [9.17, 15) is 0 Å². The molecule has 2 aromatic carbocycles. The molecule has 0 amide bonds. The van der Waals surface area contributed by atoms with Crippen LogP contribution >= 0.6 is 0 Å². The van der Waals surface area contributed by atoms with Crippen LogP contribution in [0.25, 0.3) is 0 Å². The summed E-state index contributed by atoms with van der Waals surface area (Å²) in [6, 6.07) is 14.8. The minimum Gasteiger partial charge on any atom is -0.388 e. The summed E-state index contributed by atoms with van der Waals surface area (Å²) in [4.78, 5) is 0. The van der Waals surface area contributed by atoms with E-state index in [2.05, 4.69) is 66.9 Å². The van der Waals surface area contributed by atoms with Crippen molar-refractivity contribution in [3.05, 3.63) is 53.6 Å². The third-order valence-corrected chi connectivity index (χ3v) is 3.16. The molecular weight excluding hydrogens is 220 g/mol. The van der Waals surface area contributed by atoms with Crippen LogP contribution in [0.5, 0.6) is 0 Å². The van der Waals surface area contributed by atoms with Gasteiger partial charge in [0.25, 0.3) is 0 Å². The molecule has 18 heavy (non-hydrogen) atoms. The maximum atomic E-state index is 3.53. The first-order chi connectivity index (χ1) is 8.74. The van der Waals surface area contributed by atoms with Gasteiger partial charge in [-0.2, -0.15) is 0 Å². The van der Waals surface area contributed by atoms with Crippen molar-refractivity contribution in [3.8, 4) is 0 Å². The number of hydrogen-bond acceptors (Lipinski definition) is 2. The van der Waals surface area contributed by atoms with Crippen LogP contribution in [0.15, 0.2) is 42.5 Å². The van der Waals surface area contributed by atoms with Gasteiger partial charge >= 0.3 is 0 Å². The van der Waals surface area contributed by atoms with Crippen LogP contribution in [-0.2, 0) is 6.42 Å². The fourth-order valence-electron chi connectivity index (χ4n) is 2.10. The number of aryl methyl sites for hydroxylation is 2. The number of hydrogen-bond donors (Lipinski definition) is 2. The molecule has 0 atom stereocenters. The van der Waals surface area contributed by atoms with Crippen LogP contribution in [0.4, 0.5) is 17.1 Å². The van der Waals surface area contributed by atoms with E-state index in [1.807, 2.05) is 7.05 Å². The Balaban J connectivity index is 2.33. The highest BCUT2D eigenvalue weighted by Crippen LogP contribution is 2.26. The summed E-state index contributed by atoms with van der Waals surface area (Å²) in [5.41, 5.74) is 6.10. The SMILES string of the molecule is CCc1cccc(C)c1Nc1cccc(NC)c1. The molecule has 0 spiro atoms. The monoisotopic (exact) mass is 240 g/mol. The average molecular weight is 240 g/mol. The summed E-state index contributed by atoms with van der Waals surface area (Å²) in [6.45, 7) is 4.33. The van der Waals surface area contributed by atoms with Crippen molar-refractivity contribution in [1.29, 1.82) is 0 Å². The second kappa shape index (κ2) is 5.58. The lowest BCUT2D eigenvalue weighted by Crippen LogP contribution is -1.98. The minimum absolute atomic E-state index is 1.04. The molecule has 0 aliphatic rings. The molecule has 0 heterocycles. The molecule has 0 aliphatic heterocycles. The van der Waals surface area contributed by atoms with E-state index >= 15 is 0 Å². The van der Waals surface area contributed by atoms with Crippen LogP contribution in [0, 0.1) is 6.92 Å². The lowest BCUT2D eigenvalue weighted by atomic mass is 10.1. The zero-order valence-electron chi connectivity index (χ0n) is 11.2. The minimum atomic E-state index is 1.04. The summed E-state index contributed by atoms with van der Waals surface area (Å²) in [5, 5.41) is 6.68. The van der Waals surface area contributed by atoms with E-state index < -0.39 is 0 Å². The van der Waals surface area contributed by atoms with E-state index in [1.54, 1.807) is 0 Å². The largest absolute Gasteiger partial charge is 0.388 e. The summed E-state index contributed by atoms with van der Waals surface area (Å²) in [7, 11) is 1.93. The predicted octanol–water partition coefficient (Wildman–Crippen LogP) is 4.34. The predicted molar refractivity (Wildman–Crippen MR) is 79.8 cm³/mol. The van der Waals surface area contributed by atoms with Crippen molar-refractivity contribution in [2.45, 2.75) is 20.3 Å². The Kier molecular flexibility index (Phi) is 3.88. The Hall–Kier alpha value is -1.96. The second-order valence-corrected chi connectivity index (χ2v) is 4.42. The number of rotatable bonds is 4. The van der Waals surface area contributed by atoms with Crippen molar-refractivity contribution < 1.29 is 0 Å². The topological polar surface area (TPSA) is 24.1 Å². The highest BCUT2D eigenvalue weighted by atomic mass is 14.9. The molecule has 0 bridgehead atoms. The fraction of sp³-hybridized carbons (Fsp3) is 0.250. The summed E-state index contributed by atoms with van der Waals surface area (Å²) >= 11 is 0. The molecule has 0 aromatic heterocycles. The van der Waals surface area contributed by atoms with Gasteiger partial charge < -0.3 is 10.6 Å². The highest BCUT2D eigenvalue weighted by molar-refractivity contribution is 5.69. The Labute approximate surface area is 109 Å². The smallest absolute Gasteiger partial charge is 0.0446 e. The van der Waals surface area contributed by atoms with Crippen molar-refractivity contribution in [2.24, 2.45) is 0 Å². The van der Waals surface area contributed by atoms with Crippen LogP contribution in [0.1, 0.15) is 18.1 Å². The van der Waals surface area contributed by atoms with Gasteiger partial charge in [0, 0.05) is 24.1 Å². The van der Waals surface area contributed by atoms with Gasteiger partial charge in [-0.05, 0) is 42.7 Å². The molecule has 0 fully saturated rings. The van der Waals surface area contributed by atoms with Crippen LogP contribution in [0.2, 0.25) is 0 Å². The Bertz CT molecular complexity index is 532. The zero-order chi connectivity index (χ0) is 13.0. The zero-order valence-corrected chi connectivity index (χ0v) is 11.2. The fourth-order valence-corrected chi connectivity index (χ4v) is 2.10. The van der Waals surface area contributed by atoms with Crippen molar-refractivity contribution in [3.63, 3.8) is 0 Å². The van der Waals surface area contributed by atoms with Crippen LogP contribution in [0.3, 0.4) is 0 Å². The van der Waals surface area contributed by atoms with Crippen molar-refractivity contribution >= 4 is 17.1 Å². The average Bonchev–Trinajstić information content (AvgIpc) is 2.41. The molecule has 2 heteroatoms. The van der Waals surface area contributed by atoms with E-state index in [0.717, 1.165) is 17.8 Å². The molecule has 0 aliphatic carbocycles. The molecule has 2 aromatic rings. The first-order valence-corrected chi connectivity index (χ1v) is 6.38. The standard InChI is InChI=1S/C16H20N2/c1-4-13-8-5-7-12(2)16(13)18-15-10-6-9-14(11-15)17-3/h5-11,17-18H,4H2,1-3H3.